The number of nitrogens with zero attached hydrogens (tertiary/aromatic N) is 3. The highest BCUT2D eigenvalue weighted by atomic mass is 16.5. The van der Waals surface area contributed by atoms with Crippen molar-refractivity contribution in [3.63, 3.8) is 0 Å². The quantitative estimate of drug-likeness (QED) is 0.323. The van der Waals surface area contributed by atoms with Crippen molar-refractivity contribution in [1.82, 2.24) is 10.1 Å². The second-order valence-electron chi connectivity index (χ2n) is 2.37. The van der Waals surface area contributed by atoms with Crippen LogP contribution in [0.1, 0.15) is 0 Å². The molecule has 1 aliphatic rings. The summed E-state index contributed by atoms with van der Waals surface area (Å²) in [6.07, 6.45) is 0.650. The third kappa shape index (κ3) is 2.24. The van der Waals surface area contributed by atoms with Crippen LogP contribution in [0.2, 0.25) is 0 Å². The molecule has 1 fully saturated rings. The molecule has 0 saturated carbocycles. The summed E-state index contributed by atoms with van der Waals surface area (Å²) in [7, 11) is 0. The molecular formula is C6H11N3O3. The molecule has 0 radical (unpaired) electrons. The van der Waals surface area contributed by atoms with Gasteiger partial charge in [0.1, 0.15) is 12.8 Å². The number of aldehydes is 1. The monoisotopic (exact) mass is 173 g/mol. The summed E-state index contributed by atoms with van der Waals surface area (Å²) >= 11 is 0. The third-order valence-electron chi connectivity index (χ3n) is 1.65. The Morgan fingerprint density at radius 1 is 1.50 bits per heavy atom. The van der Waals surface area contributed by atoms with Crippen molar-refractivity contribution < 1.29 is 9.53 Å². The van der Waals surface area contributed by atoms with Gasteiger partial charge in [0, 0.05) is 13.1 Å². The molecule has 0 bridgehead atoms. The third-order valence-corrected chi connectivity index (χ3v) is 1.65. The van der Waals surface area contributed by atoms with Gasteiger partial charge in [-0.05, 0) is 0 Å². The fourth-order valence-corrected chi connectivity index (χ4v) is 1.05. The van der Waals surface area contributed by atoms with Crippen LogP contribution in [0.25, 0.3) is 0 Å². The van der Waals surface area contributed by atoms with Crippen LogP contribution in [0.3, 0.4) is 0 Å². The van der Waals surface area contributed by atoms with Crippen LogP contribution < -0.4 is 0 Å². The van der Waals surface area contributed by atoms with Crippen LogP contribution in [-0.2, 0) is 9.53 Å². The molecule has 0 aromatic rings. The molecule has 0 atom stereocenters. The van der Waals surface area contributed by atoms with E-state index in [1.807, 2.05) is 0 Å². The van der Waals surface area contributed by atoms with Gasteiger partial charge in [0.25, 0.3) is 0 Å². The number of nitroso groups, excluding NO2 is 1. The number of hydrazine groups is 1. The van der Waals surface area contributed by atoms with Crippen LogP contribution >= 0.6 is 0 Å². The fourth-order valence-electron chi connectivity index (χ4n) is 1.05. The molecule has 0 aromatic carbocycles. The van der Waals surface area contributed by atoms with Crippen molar-refractivity contribution in [3.05, 3.63) is 4.91 Å². The SMILES string of the molecule is O=CCN(N=O)N1CCOCC1. The summed E-state index contributed by atoms with van der Waals surface area (Å²) in [4.78, 5) is 20.3. The van der Waals surface area contributed by atoms with Crippen molar-refractivity contribution in [2.45, 2.75) is 0 Å². The lowest BCUT2D eigenvalue weighted by Gasteiger charge is -2.31. The average Bonchev–Trinajstić information content (AvgIpc) is 2.15. The molecule has 1 rings (SSSR count). The maximum Gasteiger partial charge on any atom is 0.142 e. The Balaban J connectivity index is 2.39. The first-order valence-electron chi connectivity index (χ1n) is 3.75. The van der Waals surface area contributed by atoms with Crippen LogP contribution in [0.5, 0.6) is 0 Å². The van der Waals surface area contributed by atoms with Crippen LogP contribution in [-0.4, -0.2) is 49.3 Å². The maximum atomic E-state index is 10.2. The predicted molar refractivity (Wildman–Crippen MR) is 41.0 cm³/mol. The lowest BCUT2D eigenvalue weighted by molar-refractivity contribution is -0.121. The zero-order valence-corrected chi connectivity index (χ0v) is 6.68. The average molecular weight is 173 g/mol. The first-order chi connectivity index (χ1) is 5.88. The number of hydrogen-bond acceptors (Lipinski definition) is 5. The Kier molecular flexibility index (Phi) is 3.62. The minimum absolute atomic E-state index is 0.0174. The van der Waals surface area contributed by atoms with E-state index >= 15 is 0 Å². The Bertz CT molecular complexity index is 158. The van der Waals surface area contributed by atoms with Crippen LogP contribution in [0.15, 0.2) is 5.29 Å². The molecule has 1 saturated heterocycles. The smallest absolute Gasteiger partial charge is 0.142 e. The van der Waals surface area contributed by atoms with Gasteiger partial charge in [0.2, 0.25) is 0 Å². The summed E-state index contributed by atoms with van der Waals surface area (Å²) in [5, 5.41) is 5.54. The summed E-state index contributed by atoms with van der Waals surface area (Å²) in [5.41, 5.74) is 0. The molecule has 6 nitrogen and oxygen atoms in total. The van der Waals surface area contributed by atoms with E-state index in [0.717, 1.165) is 5.12 Å². The van der Waals surface area contributed by atoms with Crippen molar-refractivity contribution in [2.24, 2.45) is 5.29 Å². The van der Waals surface area contributed by atoms with E-state index in [4.69, 9.17) is 4.74 Å². The molecule has 0 N–H and O–H groups in total. The van der Waals surface area contributed by atoms with Crippen molar-refractivity contribution in [1.29, 1.82) is 0 Å². The van der Waals surface area contributed by atoms with Gasteiger partial charge in [-0.3, -0.25) is 0 Å². The lowest BCUT2D eigenvalue weighted by Crippen LogP contribution is -2.46. The highest BCUT2D eigenvalue weighted by Crippen LogP contribution is 2.01. The Morgan fingerprint density at radius 2 is 2.17 bits per heavy atom. The minimum atomic E-state index is 0.0174. The van der Waals surface area contributed by atoms with E-state index in [0.29, 0.717) is 32.6 Å². The second kappa shape index (κ2) is 4.78. The van der Waals surface area contributed by atoms with Gasteiger partial charge in [-0.15, -0.1) is 4.91 Å². The lowest BCUT2D eigenvalue weighted by atomic mass is 10.5. The summed E-state index contributed by atoms with van der Waals surface area (Å²) in [6, 6.07) is 0. The predicted octanol–water partition coefficient (Wildman–Crippen LogP) is -0.584. The number of morpholine rings is 1. The van der Waals surface area contributed by atoms with Crippen molar-refractivity contribution in [3.8, 4) is 0 Å². The zero-order chi connectivity index (χ0) is 8.81. The molecular weight excluding hydrogens is 162 g/mol. The second-order valence-corrected chi connectivity index (χ2v) is 2.37. The number of carbonyl (C=O) groups excluding carboxylic acids is 1. The largest absolute Gasteiger partial charge is 0.379 e. The van der Waals surface area contributed by atoms with Gasteiger partial charge in [-0.25, -0.2) is 0 Å². The Morgan fingerprint density at radius 3 is 2.67 bits per heavy atom. The summed E-state index contributed by atoms with van der Waals surface area (Å²) < 4.78 is 5.07. The molecule has 12 heavy (non-hydrogen) atoms. The molecule has 0 aromatic heterocycles. The topological polar surface area (TPSA) is 62.2 Å². The van der Waals surface area contributed by atoms with Gasteiger partial charge >= 0.3 is 0 Å². The molecule has 1 aliphatic heterocycles. The molecule has 6 heteroatoms. The van der Waals surface area contributed by atoms with E-state index in [1.165, 1.54) is 0 Å². The highest BCUT2D eigenvalue weighted by Gasteiger charge is 2.17. The molecule has 0 unspecified atom stereocenters. The van der Waals surface area contributed by atoms with Gasteiger partial charge in [0.15, 0.2) is 0 Å². The first kappa shape index (κ1) is 9.08. The van der Waals surface area contributed by atoms with E-state index in [-0.39, 0.29) is 6.54 Å². The van der Waals surface area contributed by atoms with E-state index in [2.05, 4.69) is 5.29 Å². The standard InChI is InChI=1S/C6H11N3O3/c10-4-1-9(7-11)8-2-5-12-6-3-8/h4H,1-3,5-6H2. The highest BCUT2D eigenvalue weighted by molar-refractivity contribution is 5.51. The molecule has 0 aliphatic carbocycles. The number of rotatable bonds is 4. The van der Waals surface area contributed by atoms with E-state index < -0.39 is 0 Å². The fraction of sp³-hybridized carbons (Fsp3) is 0.833. The number of hydrogen-bond donors (Lipinski definition) is 0. The summed E-state index contributed by atoms with van der Waals surface area (Å²) in [5.74, 6) is 0. The molecule has 0 spiro atoms. The Labute approximate surface area is 70.0 Å². The Hall–Kier alpha value is -1.01. The molecule has 68 valence electrons. The van der Waals surface area contributed by atoms with Crippen molar-refractivity contribution in [2.75, 3.05) is 32.8 Å². The maximum absolute atomic E-state index is 10.2. The van der Waals surface area contributed by atoms with E-state index in [1.54, 1.807) is 5.01 Å². The normalized spacial score (nSPS) is 18.7. The molecule has 0 amide bonds. The molecule has 1 heterocycles. The van der Waals surface area contributed by atoms with Gasteiger partial charge in [0.05, 0.1) is 18.5 Å². The van der Waals surface area contributed by atoms with Crippen molar-refractivity contribution >= 4 is 6.29 Å². The number of carbonyl (C=O) groups is 1. The van der Waals surface area contributed by atoms with Gasteiger partial charge < -0.3 is 9.53 Å². The zero-order valence-electron chi connectivity index (χ0n) is 6.68. The van der Waals surface area contributed by atoms with Gasteiger partial charge in [-0.1, -0.05) is 0 Å². The van der Waals surface area contributed by atoms with Crippen LogP contribution in [0, 0.1) is 4.91 Å². The van der Waals surface area contributed by atoms with E-state index in [9.17, 15) is 9.70 Å². The van der Waals surface area contributed by atoms with Crippen LogP contribution in [0.4, 0.5) is 0 Å². The number of ether oxygens (including phenoxy) is 1. The first-order valence-corrected chi connectivity index (χ1v) is 3.75. The minimum Gasteiger partial charge on any atom is -0.379 e. The van der Waals surface area contributed by atoms with Gasteiger partial charge in [-0.2, -0.15) is 10.1 Å². The summed E-state index contributed by atoms with van der Waals surface area (Å²) in [6.45, 7) is 2.39.